The van der Waals surface area contributed by atoms with Crippen LogP contribution in [0.2, 0.25) is 0 Å². The number of nitrogens with one attached hydrogen (secondary N) is 2. The fourth-order valence-electron chi connectivity index (χ4n) is 5.54. The van der Waals surface area contributed by atoms with Crippen LogP contribution >= 0.6 is 0 Å². The van der Waals surface area contributed by atoms with Gasteiger partial charge in [0.05, 0.1) is 5.56 Å². The van der Waals surface area contributed by atoms with Crippen molar-refractivity contribution in [3.05, 3.63) is 120 Å². The molecule has 5 heteroatoms. The lowest BCUT2D eigenvalue weighted by atomic mass is 9.89. The van der Waals surface area contributed by atoms with Crippen molar-refractivity contribution in [3.63, 3.8) is 0 Å². The third-order valence-corrected chi connectivity index (χ3v) is 7.99. The molecule has 202 valence electrons. The highest BCUT2D eigenvalue weighted by Gasteiger charge is 2.28. The second-order valence-electron chi connectivity index (χ2n) is 11.0. The molecule has 1 saturated carbocycles. The maximum Gasteiger partial charge on any atom is 0.255 e. The monoisotopic (exact) mass is 529 g/mol. The molecule has 1 saturated heterocycles. The van der Waals surface area contributed by atoms with Gasteiger partial charge in [-0.2, -0.15) is 0 Å². The highest BCUT2D eigenvalue weighted by molar-refractivity contribution is 6.06. The van der Waals surface area contributed by atoms with Gasteiger partial charge in [-0.3, -0.25) is 9.59 Å². The molecule has 4 aromatic carbocycles. The summed E-state index contributed by atoms with van der Waals surface area (Å²) < 4.78 is 0. The molecule has 2 N–H and O–H groups in total. The van der Waals surface area contributed by atoms with E-state index in [9.17, 15) is 9.59 Å². The molecule has 1 aliphatic heterocycles. The Hall–Kier alpha value is -4.38. The number of benzene rings is 4. The van der Waals surface area contributed by atoms with E-state index in [2.05, 4.69) is 58.0 Å². The fourth-order valence-corrected chi connectivity index (χ4v) is 5.54. The van der Waals surface area contributed by atoms with Gasteiger partial charge in [-0.05, 0) is 85.0 Å². The van der Waals surface area contributed by atoms with Crippen LogP contribution in [0.3, 0.4) is 0 Å². The predicted octanol–water partition coefficient (Wildman–Crippen LogP) is 6.96. The van der Waals surface area contributed by atoms with Crippen molar-refractivity contribution in [1.82, 2.24) is 5.32 Å². The van der Waals surface area contributed by atoms with Crippen molar-refractivity contribution in [1.29, 1.82) is 0 Å². The zero-order chi connectivity index (χ0) is 27.3. The van der Waals surface area contributed by atoms with Gasteiger partial charge in [0, 0.05) is 36.1 Å². The van der Waals surface area contributed by atoms with Crippen molar-refractivity contribution in [3.8, 4) is 11.1 Å². The Morgan fingerprint density at radius 3 is 2.02 bits per heavy atom. The Morgan fingerprint density at radius 2 is 1.35 bits per heavy atom. The predicted molar refractivity (Wildman–Crippen MR) is 162 cm³/mol. The molecule has 4 aromatic rings. The fraction of sp³-hybridized carbons (Fsp3) is 0.257. The van der Waals surface area contributed by atoms with Crippen LogP contribution in [-0.2, 0) is 6.42 Å². The second kappa shape index (κ2) is 11.8. The number of hydrogen-bond acceptors (Lipinski definition) is 3. The molecule has 5 nitrogen and oxygen atoms in total. The van der Waals surface area contributed by atoms with Gasteiger partial charge in [0.15, 0.2) is 0 Å². The van der Waals surface area contributed by atoms with E-state index in [-0.39, 0.29) is 17.9 Å². The molecular weight excluding hydrogens is 494 g/mol. The normalized spacial score (nSPS) is 15.4. The Kier molecular flexibility index (Phi) is 7.62. The van der Waals surface area contributed by atoms with Gasteiger partial charge in [0.1, 0.15) is 0 Å². The molecule has 0 spiro atoms. The summed E-state index contributed by atoms with van der Waals surface area (Å²) in [5.74, 6) is 0.393. The summed E-state index contributed by atoms with van der Waals surface area (Å²) in [6.45, 7) is 1.83. The Balaban J connectivity index is 1.15. The van der Waals surface area contributed by atoms with Crippen LogP contribution in [0.4, 0.5) is 11.4 Å². The van der Waals surface area contributed by atoms with Crippen molar-refractivity contribution in [2.45, 2.75) is 38.1 Å². The first kappa shape index (κ1) is 25.9. The zero-order valence-electron chi connectivity index (χ0n) is 22.7. The number of hydrogen-bond donors (Lipinski definition) is 2. The Labute approximate surface area is 236 Å². The largest absolute Gasteiger partial charge is 0.371 e. The lowest BCUT2D eigenvalue weighted by Crippen LogP contribution is -2.36. The number of amides is 2. The van der Waals surface area contributed by atoms with E-state index in [0.717, 1.165) is 62.0 Å². The molecule has 6 rings (SSSR count). The van der Waals surface area contributed by atoms with E-state index in [0.29, 0.717) is 22.7 Å². The van der Waals surface area contributed by atoms with Crippen molar-refractivity contribution >= 4 is 23.2 Å². The van der Waals surface area contributed by atoms with Gasteiger partial charge in [-0.25, -0.2) is 0 Å². The maximum absolute atomic E-state index is 13.3. The third kappa shape index (κ3) is 6.26. The zero-order valence-corrected chi connectivity index (χ0v) is 22.7. The number of rotatable bonds is 8. The number of carbonyl (C=O) groups excluding carboxylic acids is 2. The van der Waals surface area contributed by atoms with Gasteiger partial charge in [-0.15, -0.1) is 0 Å². The second-order valence-corrected chi connectivity index (χ2v) is 11.0. The quantitative estimate of drug-likeness (QED) is 0.259. The first-order valence-corrected chi connectivity index (χ1v) is 14.3. The van der Waals surface area contributed by atoms with Gasteiger partial charge >= 0.3 is 0 Å². The van der Waals surface area contributed by atoms with E-state index in [1.807, 2.05) is 60.7 Å². The summed E-state index contributed by atoms with van der Waals surface area (Å²) >= 11 is 0. The lowest BCUT2D eigenvalue weighted by molar-refractivity contribution is 0.0950. The van der Waals surface area contributed by atoms with Crippen LogP contribution in [0.25, 0.3) is 11.1 Å². The SMILES string of the molecule is O=C(Nc1ccc(N2CCC(Cc3ccccc3)CC2)c(C(=O)NC2CC2)c1)c1ccc(-c2ccccc2)cc1. The minimum Gasteiger partial charge on any atom is -0.371 e. The maximum atomic E-state index is 13.3. The molecule has 2 aliphatic rings. The Bertz CT molecular complexity index is 1460. The van der Waals surface area contributed by atoms with E-state index < -0.39 is 0 Å². The van der Waals surface area contributed by atoms with Crippen LogP contribution < -0.4 is 15.5 Å². The molecule has 2 amide bonds. The van der Waals surface area contributed by atoms with Crippen LogP contribution in [0.15, 0.2) is 103 Å². The van der Waals surface area contributed by atoms with Crippen LogP contribution in [0.1, 0.15) is 52.0 Å². The number of piperidine rings is 1. The molecule has 2 fully saturated rings. The van der Waals surface area contributed by atoms with Crippen LogP contribution in [0.5, 0.6) is 0 Å². The summed E-state index contributed by atoms with van der Waals surface area (Å²) in [5.41, 5.74) is 6.34. The smallest absolute Gasteiger partial charge is 0.255 e. The van der Waals surface area contributed by atoms with Gasteiger partial charge in [0.25, 0.3) is 11.8 Å². The highest BCUT2D eigenvalue weighted by atomic mass is 16.2. The van der Waals surface area contributed by atoms with Crippen molar-refractivity contribution < 1.29 is 9.59 Å². The summed E-state index contributed by atoms with van der Waals surface area (Å²) in [6.07, 6.45) is 5.34. The first-order valence-electron chi connectivity index (χ1n) is 14.3. The minimum atomic E-state index is -0.192. The molecule has 0 radical (unpaired) electrons. The van der Waals surface area contributed by atoms with Crippen LogP contribution in [-0.4, -0.2) is 30.9 Å². The van der Waals surface area contributed by atoms with E-state index in [1.54, 1.807) is 0 Å². The summed E-state index contributed by atoms with van der Waals surface area (Å²) in [6, 6.07) is 34.4. The van der Waals surface area contributed by atoms with Gasteiger partial charge in [0.2, 0.25) is 0 Å². The van der Waals surface area contributed by atoms with Crippen molar-refractivity contribution in [2.24, 2.45) is 5.92 Å². The van der Waals surface area contributed by atoms with E-state index in [4.69, 9.17) is 0 Å². The molecule has 0 aromatic heterocycles. The van der Waals surface area contributed by atoms with Crippen LogP contribution in [0, 0.1) is 5.92 Å². The summed E-state index contributed by atoms with van der Waals surface area (Å²) in [4.78, 5) is 28.7. The number of carbonyl (C=O) groups is 2. The number of nitrogens with zero attached hydrogens (tertiary/aromatic N) is 1. The molecule has 40 heavy (non-hydrogen) atoms. The van der Waals surface area contributed by atoms with E-state index in [1.165, 1.54) is 5.56 Å². The van der Waals surface area contributed by atoms with E-state index >= 15 is 0 Å². The summed E-state index contributed by atoms with van der Waals surface area (Å²) in [5, 5.41) is 6.16. The molecule has 0 atom stereocenters. The minimum absolute atomic E-state index is 0.0628. The molecular formula is C35H35N3O2. The third-order valence-electron chi connectivity index (χ3n) is 7.99. The molecule has 0 bridgehead atoms. The molecule has 1 heterocycles. The molecule has 1 aliphatic carbocycles. The highest BCUT2D eigenvalue weighted by Crippen LogP contribution is 2.31. The average Bonchev–Trinajstić information content (AvgIpc) is 3.83. The Morgan fingerprint density at radius 1 is 0.700 bits per heavy atom. The average molecular weight is 530 g/mol. The standard InChI is InChI=1S/C35H35N3O2/c39-34(29-13-11-28(12-14-29)27-9-5-2-6-10-27)37-31-17-18-33(32(24-31)35(40)36-30-15-16-30)38-21-19-26(20-22-38)23-25-7-3-1-4-8-25/h1-14,17-18,24,26,30H,15-16,19-23H2,(H,36,40)(H,37,39). The topological polar surface area (TPSA) is 61.4 Å². The van der Waals surface area contributed by atoms with Gasteiger partial charge in [-0.1, -0.05) is 72.8 Å². The van der Waals surface area contributed by atoms with Gasteiger partial charge < -0.3 is 15.5 Å². The summed E-state index contributed by atoms with van der Waals surface area (Å²) in [7, 11) is 0. The first-order chi connectivity index (χ1) is 19.6. The number of anilines is 2. The lowest BCUT2D eigenvalue weighted by Gasteiger charge is -2.35. The molecule has 0 unspecified atom stereocenters. The van der Waals surface area contributed by atoms with Crippen molar-refractivity contribution in [2.75, 3.05) is 23.3 Å².